The number of carbonyl (C=O) groups is 1. The zero-order valence-electron chi connectivity index (χ0n) is 11.1. The van der Waals surface area contributed by atoms with Crippen molar-refractivity contribution in [1.29, 1.82) is 0 Å². The fraction of sp³-hybridized carbons (Fsp3) is 0.462. The second-order valence-corrected chi connectivity index (χ2v) is 5.50. The van der Waals surface area contributed by atoms with Gasteiger partial charge in [0.05, 0.1) is 23.5 Å². The van der Waals surface area contributed by atoms with E-state index in [1.165, 1.54) is 0 Å². The molecule has 0 spiro atoms. The van der Waals surface area contributed by atoms with Crippen LogP contribution in [0.25, 0.3) is 5.52 Å². The third kappa shape index (κ3) is 2.19. The van der Waals surface area contributed by atoms with Crippen molar-refractivity contribution in [2.75, 3.05) is 19.6 Å². The summed E-state index contributed by atoms with van der Waals surface area (Å²) in [4.78, 5) is 18.5. The number of fused-ring (bicyclic) bond motifs is 1. The maximum Gasteiger partial charge on any atom is 0.257 e. The molecule has 19 heavy (non-hydrogen) atoms. The second-order valence-electron chi connectivity index (χ2n) is 5.50. The zero-order chi connectivity index (χ0) is 13.5. The molecule has 100 valence electrons. The monoisotopic (exact) mass is 259 g/mol. The summed E-state index contributed by atoms with van der Waals surface area (Å²) in [6.07, 6.45) is 6.69. The van der Waals surface area contributed by atoms with Crippen molar-refractivity contribution in [1.82, 2.24) is 24.8 Å². The molecule has 0 bridgehead atoms. The van der Waals surface area contributed by atoms with Crippen molar-refractivity contribution >= 4 is 11.4 Å². The molecule has 1 aliphatic rings. The van der Waals surface area contributed by atoms with E-state index in [9.17, 15) is 4.79 Å². The van der Waals surface area contributed by atoms with Gasteiger partial charge < -0.3 is 10.2 Å². The maximum atomic E-state index is 12.6. The lowest BCUT2D eigenvalue weighted by Gasteiger charge is -2.39. The number of rotatable bonds is 1. The maximum absolute atomic E-state index is 12.6. The van der Waals surface area contributed by atoms with Gasteiger partial charge in [-0.1, -0.05) is 0 Å². The minimum absolute atomic E-state index is 0.0255. The number of amides is 1. The van der Waals surface area contributed by atoms with Gasteiger partial charge in [-0.3, -0.25) is 9.78 Å². The van der Waals surface area contributed by atoms with Gasteiger partial charge in [-0.05, 0) is 13.8 Å². The molecule has 0 atom stereocenters. The van der Waals surface area contributed by atoms with E-state index in [0.29, 0.717) is 12.1 Å². The Kier molecular flexibility index (Phi) is 2.74. The first-order valence-electron chi connectivity index (χ1n) is 6.38. The van der Waals surface area contributed by atoms with Crippen LogP contribution in [0, 0.1) is 0 Å². The number of hydrogen-bond donors (Lipinski definition) is 1. The van der Waals surface area contributed by atoms with Gasteiger partial charge in [0, 0.05) is 37.6 Å². The molecular formula is C13H17N5O. The topological polar surface area (TPSA) is 62.5 Å². The molecule has 2 aromatic heterocycles. The Hall–Kier alpha value is -1.95. The third-order valence-electron chi connectivity index (χ3n) is 3.41. The van der Waals surface area contributed by atoms with Crippen LogP contribution >= 0.6 is 0 Å². The fourth-order valence-electron chi connectivity index (χ4n) is 2.48. The molecule has 0 aromatic carbocycles. The molecule has 0 radical (unpaired) electrons. The predicted molar refractivity (Wildman–Crippen MR) is 71.0 cm³/mol. The first kappa shape index (κ1) is 12.1. The second kappa shape index (κ2) is 4.31. The normalized spacial score (nSPS) is 18.7. The van der Waals surface area contributed by atoms with Crippen LogP contribution in [0.3, 0.4) is 0 Å². The van der Waals surface area contributed by atoms with Crippen molar-refractivity contribution in [3.05, 3.63) is 30.4 Å². The van der Waals surface area contributed by atoms with Crippen LogP contribution in [0.1, 0.15) is 24.2 Å². The van der Waals surface area contributed by atoms with Crippen molar-refractivity contribution in [2.45, 2.75) is 19.4 Å². The molecule has 0 unspecified atom stereocenters. The summed E-state index contributed by atoms with van der Waals surface area (Å²) in [7, 11) is 0. The van der Waals surface area contributed by atoms with Gasteiger partial charge >= 0.3 is 0 Å². The highest BCUT2D eigenvalue weighted by Crippen LogP contribution is 2.16. The minimum Gasteiger partial charge on any atom is -0.335 e. The fourth-order valence-corrected chi connectivity index (χ4v) is 2.48. The molecule has 6 nitrogen and oxygen atoms in total. The Balaban J connectivity index is 1.91. The molecule has 1 saturated heterocycles. The van der Waals surface area contributed by atoms with Crippen LogP contribution in [-0.2, 0) is 0 Å². The van der Waals surface area contributed by atoms with E-state index in [4.69, 9.17) is 0 Å². The van der Waals surface area contributed by atoms with Crippen LogP contribution < -0.4 is 5.32 Å². The lowest BCUT2D eigenvalue weighted by molar-refractivity contribution is 0.0654. The Morgan fingerprint density at radius 3 is 3.05 bits per heavy atom. The van der Waals surface area contributed by atoms with Crippen molar-refractivity contribution in [3.8, 4) is 0 Å². The van der Waals surface area contributed by atoms with Crippen LogP contribution in [0.15, 0.2) is 24.8 Å². The average Bonchev–Trinajstić information content (AvgIpc) is 2.80. The molecule has 6 heteroatoms. The van der Waals surface area contributed by atoms with E-state index in [2.05, 4.69) is 29.2 Å². The zero-order valence-corrected chi connectivity index (χ0v) is 11.1. The lowest BCUT2D eigenvalue weighted by Crippen LogP contribution is -2.58. The summed E-state index contributed by atoms with van der Waals surface area (Å²) in [6, 6.07) is 0. The molecule has 3 heterocycles. The van der Waals surface area contributed by atoms with Crippen molar-refractivity contribution in [3.63, 3.8) is 0 Å². The molecular weight excluding hydrogens is 242 g/mol. The first-order chi connectivity index (χ1) is 9.07. The summed E-state index contributed by atoms with van der Waals surface area (Å²) >= 11 is 0. The average molecular weight is 259 g/mol. The van der Waals surface area contributed by atoms with Crippen LogP contribution in [0.5, 0.6) is 0 Å². The summed E-state index contributed by atoms with van der Waals surface area (Å²) in [5.41, 5.74) is 1.32. The summed E-state index contributed by atoms with van der Waals surface area (Å²) in [5, 5.41) is 7.58. The van der Waals surface area contributed by atoms with Crippen LogP contribution in [0.2, 0.25) is 0 Å². The lowest BCUT2D eigenvalue weighted by atomic mass is 10.0. The van der Waals surface area contributed by atoms with E-state index in [1.54, 1.807) is 29.3 Å². The highest BCUT2D eigenvalue weighted by molar-refractivity contribution is 6.00. The van der Waals surface area contributed by atoms with E-state index < -0.39 is 0 Å². The van der Waals surface area contributed by atoms with Crippen LogP contribution in [-0.4, -0.2) is 50.6 Å². The highest BCUT2D eigenvalue weighted by Gasteiger charge is 2.30. The predicted octanol–water partition coefficient (Wildman–Crippen LogP) is 0.553. The molecule has 1 N–H and O–H groups in total. The Bertz CT molecular complexity index is 618. The van der Waals surface area contributed by atoms with Gasteiger partial charge in [0.2, 0.25) is 0 Å². The van der Waals surface area contributed by atoms with Crippen molar-refractivity contribution < 1.29 is 4.79 Å². The number of piperazine rings is 1. The van der Waals surface area contributed by atoms with Crippen molar-refractivity contribution in [2.24, 2.45) is 0 Å². The molecule has 1 amide bonds. The van der Waals surface area contributed by atoms with E-state index in [0.717, 1.165) is 18.6 Å². The van der Waals surface area contributed by atoms with Gasteiger partial charge in [-0.15, -0.1) is 0 Å². The Morgan fingerprint density at radius 1 is 1.42 bits per heavy atom. The summed E-state index contributed by atoms with van der Waals surface area (Å²) in [5.74, 6) is 0.0255. The molecule has 0 aliphatic carbocycles. The van der Waals surface area contributed by atoms with Gasteiger partial charge in [0.25, 0.3) is 5.91 Å². The molecule has 1 aliphatic heterocycles. The standard InChI is InChI=1S/C13H17N5O/c1-13(2)9-17(5-4-15-13)12(19)10-7-16-18-6-3-14-8-11(10)18/h3,6-8,15H,4-5,9H2,1-2H3. The Labute approximate surface area is 111 Å². The highest BCUT2D eigenvalue weighted by atomic mass is 16.2. The SMILES string of the molecule is CC1(C)CN(C(=O)c2cnn3ccncc23)CCN1. The summed E-state index contributed by atoms with van der Waals surface area (Å²) < 4.78 is 1.67. The van der Waals surface area contributed by atoms with Gasteiger partial charge in [0.1, 0.15) is 0 Å². The number of hydrogen-bond acceptors (Lipinski definition) is 4. The van der Waals surface area contributed by atoms with Crippen LogP contribution in [0.4, 0.5) is 0 Å². The van der Waals surface area contributed by atoms with Gasteiger partial charge in [-0.2, -0.15) is 5.10 Å². The summed E-state index contributed by atoms with van der Waals surface area (Å²) in [6.45, 7) is 6.44. The number of aromatic nitrogens is 3. The third-order valence-corrected chi connectivity index (χ3v) is 3.41. The molecule has 3 rings (SSSR count). The molecule has 1 fully saturated rings. The quantitative estimate of drug-likeness (QED) is 0.812. The molecule has 2 aromatic rings. The van der Waals surface area contributed by atoms with E-state index in [-0.39, 0.29) is 11.4 Å². The first-order valence-corrected chi connectivity index (χ1v) is 6.38. The number of nitrogens with one attached hydrogen (secondary N) is 1. The molecule has 0 saturated carbocycles. The Morgan fingerprint density at radius 2 is 2.26 bits per heavy atom. The van der Waals surface area contributed by atoms with E-state index >= 15 is 0 Å². The van der Waals surface area contributed by atoms with Gasteiger partial charge in [0.15, 0.2) is 0 Å². The minimum atomic E-state index is -0.0465. The number of nitrogens with zero attached hydrogens (tertiary/aromatic N) is 4. The number of carbonyl (C=O) groups excluding carboxylic acids is 1. The van der Waals surface area contributed by atoms with Gasteiger partial charge in [-0.25, -0.2) is 4.52 Å². The van der Waals surface area contributed by atoms with E-state index in [1.807, 2.05) is 4.90 Å². The smallest absolute Gasteiger partial charge is 0.257 e. The largest absolute Gasteiger partial charge is 0.335 e.